The van der Waals surface area contributed by atoms with Crippen molar-refractivity contribution in [1.29, 1.82) is 0 Å². The second-order valence-corrected chi connectivity index (χ2v) is 7.64. The van der Waals surface area contributed by atoms with E-state index in [-0.39, 0.29) is 25.6 Å². The summed E-state index contributed by atoms with van der Waals surface area (Å²) in [6, 6.07) is -0.945. The molecule has 0 aromatic carbocycles. The third-order valence-corrected chi connectivity index (χ3v) is 3.67. The number of alkyl carbamates (subject to hydrolysis) is 1. The fourth-order valence-corrected chi connectivity index (χ4v) is 2.20. The lowest BCUT2D eigenvalue weighted by Crippen LogP contribution is -2.50. The van der Waals surface area contributed by atoms with Gasteiger partial charge in [-0.2, -0.15) is 0 Å². The summed E-state index contributed by atoms with van der Waals surface area (Å²) in [5.74, 6) is -1.47. The molecule has 0 aromatic heterocycles. The standard InChI is InChI=1S/C18H28N4O7/c1-18(2,3)29-16(26)19-9-12(22-13(23)7-8-14(22)24)11-28-17(27)21(6)10-15(25)20(4)5/h7-8,12H,9-11H2,1-6H3,(H,19,26)/t12-/m0/s1. The number of carbonyl (C=O) groups excluding carboxylic acids is 5. The van der Waals surface area contributed by atoms with E-state index in [2.05, 4.69) is 5.32 Å². The first-order valence-electron chi connectivity index (χ1n) is 8.92. The lowest BCUT2D eigenvalue weighted by atomic mass is 10.2. The van der Waals surface area contributed by atoms with Gasteiger partial charge in [-0.3, -0.25) is 19.3 Å². The molecular formula is C18H28N4O7. The predicted molar refractivity (Wildman–Crippen MR) is 102 cm³/mol. The van der Waals surface area contributed by atoms with Crippen molar-refractivity contribution >= 4 is 29.9 Å². The molecule has 11 heteroatoms. The van der Waals surface area contributed by atoms with E-state index in [0.29, 0.717) is 0 Å². The number of carbonyl (C=O) groups is 5. The van der Waals surface area contributed by atoms with Crippen molar-refractivity contribution in [3.05, 3.63) is 12.2 Å². The quantitative estimate of drug-likeness (QED) is 0.582. The highest BCUT2D eigenvalue weighted by atomic mass is 16.6. The Morgan fingerprint density at radius 1 is 1.10 bits per heavy atom. The Morgan fingerprint density at radius 3 is 2.14 bits per heavy atom. The van der Waals surface area contributed by atoms with Gasteiger partial charge in [-0.15, -0.1) is 0 Å². The topological polar surface area (TPSA) is 126 Å². The first-order valence-corrected chi connectivity index (χ1v) is 8.92. The van der Waals surface area contributed by atoms with Crippen molar-refractivity contribution in [1.82, 2.24) is 20.0 Å². The molecule has 29 heavy (non-hydrogen) atoms. The summed E-state index contributed by atoms with van der Waals surface area (Å²) < 4.78 is 10.3. The first kappa shape index (κ1) is 23.9. The van der Waals surface area contributed by atoms with Crippen molar-refractivity contribution in [3.8, 4) is 0 Å². The number of hydrogen-bond donors (Lipinski definition) is 1. The van der Waals surface area contributed by atoms with Gasteiger partial charge in [-0.1, -0.05) is 0 Å². The van der Waals surface area contributed by atoms with Crippen LogP contribution in [0.25, 0.3) is 0 Å². The van der Waals surface area contributed by atoms with Crippen molar-refractivity contribution in [2.75, 3.05) is 40.8 Å². The normalized spacial score (nSPS) is 14.5. The molecule has 0 fully saturated rings. The van der Waals surface area contributed by atoms with Gasteiger partial charge in [0, 0.05) is 39.8 Å². The Kier molecular flexibility index (Phi) is 8.16. The highest BCUT2D eigenvalue weighted by Gasteiger charge is 2.33. The molecule has 1 aliphatic rings. The van der Waals surface area contributed by atoms with Crippen LogP contribution in [-0.2, 0) is 23.9 Å². The molecule has 0 aliphatic carbocycles. The molecule has 0 saturated carbocycles. The zero-order chi connectivity index (χ0) is 22.4. The number of ether oxygens (including phenoxy) is 2. The van der Waals surface area contributed by atoms with Crippen molar-refractivity contribution in [3.63, 3.8) is 0 Å². The van der Waals surface area contributed by atoms with Crippen LogP contribution in [0.1, 0.15) is 20.8 Å². The molecule has 1 rings (SSSR count). The smallest absolute Gasteiger partial charge is 0.410 e. The summed E-state index contributed by atoms with van der Waals surface area (Å²) in [7, 11) is 4.49. The third kappa shape index (κ3) is 7.80. The summed E-state index contributed by atoms with van der Waals surface area (Å²) in [6.45, 7) is 4.32. The summed E-state index contributed by atoms with van der Waals surface area (Å²) >= 11 is 0. The van der Waals surface area contributed by atoms with Gasteiger partial charge >= 0.3 is 12.2 Å². The van der Waals surface area contributed by atoms with Crippen LogP contribution in [0, 0.1) is 0 Å². The molecule has 162 valence electrons. The summed E-state index contributed by atoms with van der Waals surface area (Å²) in [6.07, 6.45) is 0.628. The molecule has 5 amide bonds. The van der Waals surface area contributed by atoms with Crippen molar-refractivity contribution in [2.45, 2.75) is 32.4 Å². The second-order valence-electron chi connectivity index (χ2n) is 7.64. The van der Waals surface area contributed by atoms with Crippen LogP contribution in [0.5, 0.6) is 0 Å². The highest BCUT2D eigenvalue weighted by molar-refractivity contribution is 6.13. The number of nitrogens with zero attached hydrogens (tertiary/aromatic N) is 3. The predicted octanol–water partition coefficient (Wildman–Crippen LogP) is -0.0387. The molecule has 1 N–H and O–H groups in total. The molecule has 0 unspecified atom stereocenters. The van der Waals surface area contributed by atoms with Crippen LogP contribution in [0.15, 0.2) is 12.2 Å². The lowest BCUT2D eigenvalue weighted by Gasteiger charge is -2.28. The fraction of sp³-hybridized carbons (Fsp3) is 0.611. The van der Waals surface area contributed by atoms with Crippen LogP contribution in [0.3, 0.4) is 0 Å². The van der Waals surface area contributed by atoms with E-state index in [4.69, 9.17) is 9.47 Å². The van der Waals surface area contributed by atoms with Crippen molar-refractivity contribution < 1.29 is 33.4 Å². The number of hydrogen-bond acceptors (Lipinski definition) is 7. The minimum atomic E-state index is -0.945. The molecule has 0 saturated heterocycles. The van der Waals surface area contributed by atoms with Gasteiger partial charge in [-0.05, 0) is 20.8 Å². The summed E-state index contributed by atoms with van der Waals surface area (Å²) in [5.41, 5.74) is -0.728. The van der Waals surface area contributed by atoms with Crippen molar-refractivity contribution in [2.24, 2.45) is 0 Å². The molecule has 0 bridgehead atoms. The van der Waals surface area contributed by atoms with Crippen LogP contribution in [0.2, 0.25) is 0 Å². The SMILES string of the molecule is CN(C)C(=O)CN(C)C(=O)OC[C@H](CNC(=O)OC(C)(C)C)N1C(=O)C=CC1=O. The van der Waals surface area contributed by atoms with Gasteiger partial charge in [0.15, 0.2) is 0 Å². The maximum absolute atomic E-state index is 12.1. The van der Waals surface area contributed by atoms with E-state index >= 15 is 0 Å². The third-order valence-electron chi connectivity index (χ3n) is 3.67. The fourth-order valence-electron chi connectivity index (χ4n) is 2.20. The lowest BCUT2D eigenvalue weighted by molar-refractivity contribution is -0.140. The maximum Gasteiger partial charge on any atom is 0.410 e. The number of likely N-dealkylation sites (N-methyl/N-ethyl adjacent to an activating group) is 2. The Morgan fingerprint density at radius 2 is 1.66 bits per heavy atom. The molecule has 0 radical (unpaired) electrons. The van der Waals surface area contributed by atoms with Gasteiger partial charge in [0.2, 0.25) is 5.91 Å². The zero-order valence-corrected chi connectivity index (χ0v) is 17.6. The van der Waals surface area contributed by atoms with E-state index in [1.165, 1.54) is 11.9 Å². The Labute approximate surface area is 169 Å². The summed E-state index contributed by atoms with van der Waals surface area (Å²) in [5, 5.41) is 2.46. The largest absolute Gasteiger partial charge is 0.447 e. The highest BCUT2D eigenvalue weighted by Crippen LogP contribution is 2.11. The molecule has 1 heterocycles. The molecule has 0 aromatic rings. The average molecular weight is 412 g/mol. The van der Waals surface area contributed by atoms with E-state index in [9.17, 15) is 24.0 Å². The molecule has 11 nitrogen and oxygen atoms in total. The van der Waals surface area contributed by atoms with Crippen LogP contribution in [0.4, 0.5) is 9.59 Å². The number of rotatable bonds is 7. The number of amides is 5. The summed E-state index contributed by atoms with van der Waals surface area (Å²) in [4.78, 5) is 62.9. The second kappa shape index (κ2) is 9.89. The van der Waals surface area contributed by atoms with Crippen LogP contribution >= 0.6 is 0 Å². The van der Waals surface area contributed by atoms with Gasteiger partial charge in [-0.25, -0.2) is 9.59 Å². The minimum Gasteiger partial charge on any atom is -0.447 e. The van der Waals surface area contributed by atoms with Crippen LogP contribution < -0.4 is 5.32 Å². The minimum absolute atomic E-state index is 0.179. The number of imide groups is 1. The maximum atomic E-state index is 12.1. The van der Waals surface area contributed by atoms with E-state index < -0.39 is 35.6 Å². The Balaban J connectivity index is 2.73. The van der Waals surface area contributed by atoms with Gasteiger partial charge < -0.3 is 24.6 Å². The van der Waals surface area contributed by atoms with Gasteiger partial charge in [0.1, 0.15) is 18.8 Å². The van der Waals surface area contributed by atoms with E-state index in [0.717, 1.165) is 22.0 Å². The van der Waals surface area contributed by atoms with E-state index in [1.807, 2.05) is 0 Å². The number of nitrogens with one attached hydrogen (secondary N) is 1. The molecule has 0 spiro atoms. The average Bonchev–Trinajstić information content (AvgIpc) is 2.91. The van der Waals surface area contributed by atoms with Crippen LogP contribution in [-0.4, -0.2) is 97.1 Å². The zero-order valence-electron chi connectivity index (χ0n) is 17.6. The Hall–Kier alpha value is -3.11. The van der Waals surface area contributed by atoms with Gasteiger partial charge in [0.25, 0.3) is 11.8 Å². The Bertz CT molecular complexity index is 679. The van der Waals surface area contributed by atoms with Gasteiger partial charge in [0.05, 0.1) is 6.04 Å². The molecule has 1 atom stereocenters. The molecular weight excluding hydrogens is 384 g/mol. The monoisotopic (exact) mass is 412 g/mol. The molecule has 1 aliphatic heterocycles. The van der Waals surface area contributed by atoms with E-state index in [1.54, 1.807) is 34.9 Å². The first-order chi connectivity index (χ1) is 13.3.